The number of carbonyl (C=O) groups excluding carboxylic acids is 1. The minimum atomic E-state index is -3.95. The smallest absolute Gasteiger partial charge is 0.285 e. The Morgan fingerprint density at radius 2 is 1.71 bits per heavy atom. The lowest BCUT2D eigenvalue weighted by Crippen LogP contribution is -2.42. The average Bonchev–Trinajstić information content (AvgIpc) is 2.59. The van der Waals surface area contributed by atoms with Crippen LogP contribution in [0.4, 0.5) is 5.69 Å². The molecule has 0 fully saturated rings. The van der Waals surface area contributed by atoms with Crippen molar-refractivity contribution in [3.05, 3.63) is 52.8 Å². The molecule has 1 aromatic carbocycles. The number of nitrogens with one attached hydrogen (secondary N) is 1. The lowest BCUT2D eigenvalue weighted by molar-refractivity contribution is -0.707. The third-order valence-electron chi connectivity index (χ3n) is 4.61. The van der Waals surface area contributed by atoms with Crippen LogP contribution in [0.5, 0.6) is 0 Å². The van der Waals surface area contributed by atoms with E-state index in [0.29, 0.717) is 18.7 Å². The second-order valence-electron chi connectivity index (χ2n) is 6.64. The van der Waals surface area contributed by atoms with E-state index in [1.165, 1.54) is 35.4 Å². The number of amides is 1. The van der Waals surface area contributed by atoms with Gasteiger partial charge in [0.25, 0.3) is 10.0 Å². The number of rotatable bonds is 6. The number of anilines is 1. The predicted molar refractivity (Wildman–Crippen MR) is 108 cm³/mol. The molecule has 8 nitrogen and oxygen atoms in total. The lowest BCUT2D eigenvalue weighted by Gasteiger charge is -2.09. The van der Waals surface area contributed by atoms with Crippen molar-refractivity contribution in [1.82, 2.24) is 0 Å². The van der Waals surface area contributed by atoms with Gasteiger partial charge in [0.15, 0.2) is 17.9 Å². The quantitative estimate of drug-likeness (QED) is 0.378. The molecule has 0 unspecified atom stereocenters. The number of hydrogen-bond donors (Lipinski definition) is 3. The van der Waals surface area contributed by atoms with E-state index in [1.54, 1.807) is 0 Å². The molecule has 150 valence electrons. The normalized spacial score (nSPS) is 11.1. The number of benzene rings is 1. The molecule has 5 N–H and O–H groups in total. The molecule has 2 aromatic rings. The van der Waals surface area contributed by atoms with Crippen LogP contribution in [-0.4, -0.2) is 20.3 Å². The van der Waals surface area contributed by atoms with Crippen LogP contribution in [-0.2, 0) is 21.4 Å². The van der Waals surface area contributed by atoms with Crippen molar-refractivity contribution in [2.45, 2.75) is 45.6 Å². The first kappa shape index (κ1) is 21.4. The number of nitrogens with zero attached hydrogens (tertiary/aromatic N) is 2. The molecule has 1 aromatic heterocycles. The zero-order valence-corrected chi connectivity index (χ0v) is 17.3. The maximum absolute atomic E-state index is 12.3. The molecule has 0 aliphatic heterocycles. The molecule has 0 radical (unpaired) electrons. The van der Waals surface area contributed by atoms with Crippen LogP contribution in [0.25, 0.3) is 0 Å². The molecule has 1 amide bonds. The van der Waals surface area contributed by atoms with Crippen molar-refractivity contribution in [3.8, 4) is 0 Å². The highest BCUT2D eigenvalue weighted by Gasteiger charge is 2.17. The topological polar surface area (TPSA) is 132 Å². The predicted octanol–water partition coefficient (Wildman–Crippen LogP) is 1.20. The number of pyridine rings is 1. The van der Waals surface area contributed by atoms with Gasteiger partial charge in [-0.05, 0) is 43.7 Å². The van der Waals surface area contributed by atoms with Crippen molar-refractivity contribution in [3.63, 3.8) is 0 Å². The average molecular weight is 405 g/mol. The number of guanidine groups is 1. The van der Waals surface area contributed by atoms with E-state index in [0.717, 1.165) is 11.4 Å². The zero-order valence-electron chi connectivity index (χ0n) is 16.5. The highest BCUT2D eigenvalue weighted by Crippen LogP contribution is 2.16. The first-order valence-corrected chi connectivity index (χ1v) is 10.2. The van der Waals surface area contributed by atoms with Gasteiger partial charge in [-0.15, -0.1) is 4.40 Å². The standard InChI is InChI=1S/C19H25N5O3S/c1-12-11-13(2)24(15(4)14(12)3)10-9-18(25)22-16-5-7-17(8-6-16)28(26,27)23-19(20)21/h5-8,11H,9-10H2,1-4H3,(H4-,20,21,22,23,25)/p+1. The van der Waals surface area contributed by atoms with E-state index in [9.17, 15) is 13.2 Å². The van der Waals surface area contributed by atoms with Crippen LogP contribution in [0, 0.1) is 27.7 Å². The molecule has 0 spiro atoms. The van der Waals surface area contributed by atoms with E-state index in [2.05, 4.69) is 34.2 Å². The fraction of sp³-hybridized carbons (Fsp3) is 0.316. The van der Waals surface area contributed by atoms with Crippen LogP contribution in [0.1, 0.15) is 28.9 Å². The number of aryl methyl sites for hydroxylation is 2. The Bertz CT molecular complexity index is 1020. The van der Waals surface area contributed by atoms with E-state index < -0.39 is 16.0 Å². The SMILES string of the molecule is Cc1cc(C)[n+](CCC(=O)Nc2ccc(S(=O)(=O)N=C(N)N)cc2)c(C)c1C. The zero-order chi connectivity index (χ0) is 21.1. The summed E-state index contributed by atoms with van der Waals surface area (Å²) >= 11 is 0. The Balaban J connectivity index is 2.05. The number of nitrogens with two attached hydrogens (primary N) is 2. The third kappa shape index (κ3) is 5.07. The second-order valence-corrected chi connectivity index (χ2v) is 8.25. The summed E-state index contributed by atoms with van der Waals surface area (Å²) in [4.78, 5) is 12.2. The Morgan fingerprint density at radius 1 is 1.11 bits per heavy atom. The van der Waals surface area contributed by atoms with Crippen LogP contribution < -0.4 is 21.4 Å². The van der Waals surface area contributed by atoms with Crippen LogP contribution in [0.3, 0.4) is 0 Å². The van der Waals surface area contributed by atoms with Crippen molar-refractivity contribution in [2.75, 3.05) is 5.32 Å². The first-order chi connectivity index (χ1) is 13.0. The summed E-state index contributed by atoms with van der Waals surface area (Å²) in [7, 11) is -3.95. The Morgan fingerprint density at radius 3 is 2.29 bits per heavy atom. The van der Waals surface area contributed by atoms with Crippen LogP contribution in [0.2, 0.25) is 0 Å². The molecule has 0 bridgehead atoms. The van der Waals surface area contributed by atoms with E-state index in [1.807, 2.05) is 13.8 Å². The Hall–Kier alpha value is -2.94. The molecule has 0 atom stereocenters. The fourth-order valence-electron chi connectivity index (χ4n) is 2.93. The van der Waals surface area contributed by atoms with Crippen molar-refractivity contribution < 1.29 is 17.8 Å². The summed E-state index contributed by atoms with van der Waals surface area (Å²) in [6, 6.07) is 7.77. The maximum atomic E-state index is 12.3. The molecule has 2 rings (SSSR count). The van der Waals surface area contributed by atoms with Gasteiger partial charge in [-0.3, -0.25) is 4.79 Å². The Kier molecular flexibility index (Phi) is 6.40. The van der Waals surface area contributed by atoms with Gasteiger partial charge in [-0.25, -0.2) is 0 Å². The third-order valence-corrected chi connectivity index (χ3v) is 5.93. The molecule has 0 saturated carbocycles. The summed E-state index contributed by atoms with van der Waals surface area (Å²) in [5.74, 6) is -0.698. The van der Waals surface area contributed by atoms with Gasteiger partial charge in [0, 0.05) is 31.2 Å². The van der Waals surface area contributed by atoms with Gasteiger partial charge in [-0.1, -0.05) is 0 Å². The monoisotopic (exact) mass is 404 g/mol. The van der Waals surface area contributed by atoms with E-state index in [4.69, 9.17) is 11.5 Å². The molecule has 1 heterocycles. The minimum absolute atomic E-state index is 0.0594. The summed E-state index contributed by atoms with van der Waals surface area (Å²) in [6.07, 6.45) is 0.295. The van der Waals surface area contributed by atoms with Gasteiger partial charge in [0.1, 0.15) is 0 Å². The lowest BCUT2D eigenvalue weighted by atomic mass is 10.1. The molecule has 9 heteroatoms. The number of hydrogen-bond acceptors (Lipinski definition) is 3. The van der Waals surface area contributed by atoms with Gasteiger partial charge in [0.2, 0.25) is 11.9 Å². The molecular weight excluding hydrogens is 378 g/mol. The van der Waals surface area contributed by atoms with Crippen molar-refractivity contribution in [2.24, 2.45) is 15.9 Å². The van der Waals surface area contributed by atoms with Crippen molar-refractivity contribution >= 4 is 27.6 Å². The highest BCUT2D eigenvalue weighted by molar-refractivity contribution is 7.90. The highest BCUT2D eigenvalue weighted by atomic mass is 32.2. The van der Waals surface area contributed by atoms with Gasteiger partial charge < -0.3 is 16.8 Å². The van der Waals surface area contributed by atoms with E-state index in [-0.39, 0.29) is 10.8 Å². The Labute approximate surface area is 165 Å². The minimum Gasteiger partial charge on any atom is -0.369 e. The summed E-state index contributed by atoms with van der Waals surface area (Å²) < 4.78 is 29.2. The van der Waals surface area contributed by atoms with Gasteiger partial charge in [-0.2, -0.15) is 13.0 Å². The largest absolute Gasteiger partial charge is 0.369 e. The molecule has 0 saturated heterocycles. The van der Waals surface area contributed by atoms with Crippen molar-refractivity contribution in [1.29, 1.82) is 0 Å². The fourth-order valence-corrected chi connectivity index (χ4v) is 3.80. The molecule has 0 aliphatic carbocycles. The van der Waals surface area contributed by atoms with Crippen LogP contribution >= 0.6 is 0 Å². The van der Waals surface area contributed by atoms with Gasteiger partial charge >= 0.3 is 0 Å². The summed E-state index contributed by atoms with van der Waals surface area (Å²) in [6.45, 7) is 8.76. The second kappa shape index (κ2) is 8.39. The van der Waals surface area contributed by atoms with E-state index >= 15 is 0 Å². The number of carbonyl (C=O) groups is 1. The molecule has 28 heavy (non-hydrogen) atoms. The molecular formula is C19H26N5O3S+. The number of sulfonamides is 1. The van der Waals surface area contributed by atoms with Gasteiger partial charge in [0.05, 0.1) is 11.3 Å². The summed E-state index contributed by atoms with van der Waals surface area (Å²) in [5, 5.41) is 2.76. The molecule has 0 aliphatic rings. The number of aromatic nitrogens is 1. The maximum Gasteiger partial charge on any atom is 0.285 e. The first-order valence-electron chi connectivity index (χ1n) is 8.74. The summed E-state index contributed by atoms with van der Waals surface area (Å²) in [5.41, 5.74) is 15.4. The van der Waals surface area contributed by atoms with Crippen LogP contribution in [0.15, 0.2) is 39.6 Å².